The van der Waals surface area contributed by atoms with Crippen molar-refractivity contribution in [1.29, 1.82) is 0 Å². The molecule has 0 unspecified atom stereocenters. The van der Waals surface area contributed by atoms with Crippen molar-refractivity contribution in [2.45, 2.75) is 24.8 Å². The second-order valence-electron chi connectivity index (χ2n) is 7.99. The molecule has 1 aliphatic heterocycles. The molecular formula is C22H24FN3O5S2. The molecule has 0 N–H and O–H groups in total. The Morgan fingerprint density at radius 3 is 2.39 bits per heavy atom. The monoisotopic (exact) mass is 493 g/mol. The first-order chi connectivity index (χ1) is 15.7. The fraction of sp³-hybridized carbons (Fsp3) is 0.364. The fourth-order valence-electron chi connectivity index (χ4n) is 3.76. The van der Waals surface area contributed by atoms with E-state index in [1.54, 1.807) is 21.6 Å². The van der Waals surface area contributed by atoms with Crippen LogP contribution >= 0.6 is 11.3 Å². The fourth-order valence-corrected chi connectivity index (χ4v) is 6.34. The molecule has 0 aliphatic carbocycles. The van der Waals surface area contributed by atoms with Gasteiger partial charge in [0.15, 0.2) is 6.61 Å². The number of thiazole rings is 1. The van der Waals surface area contributed by atoms with Crippen LogP contribution in [0.4, 0.5) is 4.39 Å². The molecule has 1 aromatic heterocycles. The van der Waals surface area contributed by atoms with E-state index in [2.05, 4.69) is 0 Å². The lowest BCUT2D eigenvalue weighted by Gasteiger charge is -2.34. The molecule has 0 saturated carbocycles. The van der Waals surface area contributed by atoms with Crippen molar-refractivity contribution in [3.05, 3.63) is 57.9 Å². The lowest BCUT2D eigenvalue weighted by atomic mass is 10.3. The van der Waals surface area contributed by atoms with Crippen LogP contribution in [0.25, 0.3) is 10.2 Å². The summed E-state index contributed by atoms with van der Waals surface area (Å²) in [7, 11) is -3.76. The number of nitrogens with zero attached hydrogens (tertiary/aromatic N) is 3. The van der Waals surface area contributed by atoms with E-state index in [-0.39, 0.29) is 54.5 Å². The standard InChI is InChI=1S/C22H24FN3O5S2/c1-15(2)26-19-8-7-18(13-20(19)32-22(26)28)33(29,30)25-11-9-24(10-12-25)21(27)14-31-17-5-3-16(23)4-6-17/h3-8,13,15H,9-12,14H2,1-2H3. The van der Waals surface area contributed by atoms with E-state index in [0.29, 0.717) is 10.4 Å². The van der Waals surface area contributed by atoms with E-state index < -0.39 is 15.8 Å². The molecule has 2 aromatic carbocycles. The highest BCUT2D eigenvalue weighted by molar-refractivity contribution is 7.89. The summed E-state index contributed by atoms with van der Waals surface area (Å²) >= 11 is 1.03. The molecular weight excluding hydrogens is 469 g/mol. The summed E-state index contributed by atoms with van der Waals surface area (Å²) in [6.45, 7) is 4.40. The molecule has 3 aromatic rings. The Morgan fingerprint density at radius 2 is 1.76 bits per heavy atom. The summed E-state index contributed by atoms with van der Waals surface area (Å²) in [6, 6.07) is 10.1. The first-order valence-corrected chi connectivity index (χ1v) is 12.7. The van der Waals surface area contributed by atoms with E-state index in [0.717, 1.165) is 16.9 Å². The van der Waals surface area contributed by atoms with Crippen LogP contribution in [0, 0.1) is 5.82 Å². The summed E-state index contributed by atoms with van der Waals surface area (Å²) in [4.78, 5) is 26.2. The Balaban J connectivity index is 1.41. The molecule has 1 amide bonds. The Hall–Kier alpha value is -2.76. The zero-order valence-corrected chi connectivity index (χ0v) is 19.9. The Bertz CT molecular complexity index is 1320. The number of piperazine rings is 1. The van der Waals surface area contributed by atoms with Crippen LogP contribution in [0.5, 0.6) is 5.75 Å². The van der Waals surface area contributed by atoms with Gasteiger partial charge in [0.2, 0.25) is 10.0 Å². The minimum atomic E-state index is -3.76. The van der Waals surface area contributed by atoms with Crippen LogP contribution in [0.3, 0.4) is 0 Å². The molecule has 33 heavy (non-hydrogen) atoms. The third-order valence-corrected chi connectivity index (χ3v) is 8.32. The zero-order chi connectivity index (χ0) is 23.8. The van der Waals surface area contributed by atoms with Gasteiger partial charge in [-0.3, -0.25) is 14.2 Å². The quantitative estimate of drug-likeness (QED) is 0.527. The molecule has 1 fully saturated rings. The van der Waals surface area contributed by atoms with E-state index >= 15 is 0 Å². The maximum absolute atomic E-state index is 13.2. The average Bonchev–Trinajstić information content (AvgIpc) is 3.13. The van der Waals surface area contributed by atoms with Crippen LogP contribution in [-0.2, 0) is 14.8 Å². The molecule has 0 bridgehead atoms. The second-order valence-corrected chi connectivity index (χ2v) is 10.9. The SMILES string of the molecule is CC(C)n1c(=O)sc2cc(S(=O)(=O)N3CCN(C(=O)COc4ccc(F)cc4)CC3)ccc21. The van der Waals surface area contributed by atoms with Gasteiger partial charge in [-0.05, 0) is 56.3 Å². The van der Waals surface area contributed by atoms with Crippen LogP contribution in [0.2, 0.25) is 0 Å². The second kappa shape index (κ2) is 9.24. The summed E-state index contributed by atoms with van der Waals surface area (Å²) < 4.78 is 48.3. The van der Waals surface area contributed by atoms with Gasteiger partial charge >= 0.3 is 4.87 Å². The molecule has 11 heteroatoms. The molecule has 2 heterocycles. The van der Waals surface area contributed by atoms with Crippen LogP contribution < -0.4 is 9.61 Å². The number of hydrogen-bond donors (Lipinski definition) is 0. The van der Waals surface area contributed by atoms with Crippen molar-refractivity contribution < 1.29 is 22.3 Å². The van der Waals surface area contributed by atoms with Crippen LogP contribution in [0.1, 0.15) is 19.9 Å². The number of carbonyl (C=O) groups is 1. The lowest BCUT2D eigenvalue weighted by molar-refractivity contribution is -0.134. The molecule has 8 nitrogen and oxygen atoms in total. The van der Waals surface area contributed by atoms with E-state index in [4.69, 9.17) is 4.74 Å². The van der Waals surface area contributed by atoms with Gasteiger partial charge in [-0.2, -0.15) is 4.31 Å². The van der Waals surface area contributed by atoms with Gasteiger partial charge in [0.25, 0.3) is 5.91 Å². The molecule has 176 valence electrons. The maximum Gasteiger partial charge on any atom is 0.308 e. The predicted octanol–water partition coefficient (Wildman–Crippen LogP) is 2.69. The predicted molar refractivity (Wildman–Crippen MR) is 124 cm³/mol. The van der Waals surface area contributed by atoms with Crippen LogP contribution in [-0.4, -0.2) is 60.9 Å². The number of hydrogen-bond acceptors (Lipinski definition) is 6. The van der Waals surface area contributed by atoms with Crippen molar-refractivity contribution >= 4 is 37.5 Å². The lowest BCUT2D eigenvalue weighted by Crippen LogP contribution is -2.51. The highest BCUT2D eigenvalue weighted by Crippen LogP contribution is 2.26. The Morgan fingerprint density at radius 1 is 1.09 bits per heavy atom. The summed E-state index contributed by atoms with van der Waals surface area (Å²) in [5.74, 6) is -0.274. The molecule has 4 rings (SSSR count). The van der Waals surface area contributed by atoms with Gasteiger partial charge in [-0.15, -0.1) is 0 Å². The molecule has 1 aliphatic rings. The first kappa shape index (κ1) is 23.4. The largest absolute Gasteiger partial charge is 0.484 e. The molecule has 1 saturated heterocycles. The number of carbonyl (C=O) groups excluding carboxylic acids is 1. The molecule has 0 atom stereocenters. The zero-order valence-electron chi connectivity index (χ0n) is 18.2. The van der Waals surface area contributed by atoms with E-state index in [1.165, 1.54) is 34.6 Å². The minimum Gasteiger partial charge on any atom is -0.484 e. The summed E-state index contributed by atoms with van der Waals surface area (Å²) in [5, 5.41) is 0. The van der Waals surface area contributed by atoms with Crippen molar-refractivity contribution in [2.24, 2.45) is 0 Å². The number of rotatable bonds is 6. The number of halogens is 1. The van der Waals surface area contributed by atoms with E-state index in [9.17, 15) is 22.4 Å². The number of fused-ring (bicyclic) bond motifs is 1. The maximum atomic E-state index is 13.2. The van der Waals surface area contributed by atoms with Crippen molar-refractivity contribution in [3.63, 3.8) is 0 Å². The van der Waals surface area contributed by atoms with Gasteiger partial charge in [0.05, 0.1) is 15.1 Å². The number of sulfonamides is 1. The highest BCUT2D eigenvalue weighted by atomic mass is 32.2. The summed E-state index contributed by atoms with van der Waals surface area (Å²) in [5.41, 5.74) is 0.718. The number of aromatic nitrogens is 1. The number of amides is 1. The van der Waals surface area contributed by atoms with Gasteiger partial charge in [-0.1, -0.05) is 11.3 Å². The van der Waals surface area contributed by atoms with Crippen molar-refractivity contribution in [3.8, 4) is 5.75 Å². The Labute approximate surface area is 194 Å². The number of ether oxygens (including phenoxy) is 1. The van der Waals surface area contributed by atoms with Crippen molar-refractivity contribution in [1.82, 2.24) is 13.8 Å². The smallest absolute Gasteiger partial charge is 0.308 e. The third-order valence-electron chi connectivity index (χ3n) is 5.51. The van der Waals surface area contributed by atoms with Crippen molar-refractivity contribution in [2.75, 3.05) is 32.8 Å². The average molecular weight is 494 g/mol. The van der Waals surface area contributed by atoms with Gasteiger partial charge < -0.3 is 9.64 Å². The summed E-state index contributed by atoms with van der Waals surface area (Å²) in [6.07, 6.45) is 0. The van der Waals surface area contributed by atoms with E-state index in [1.807, 2.05) is 13.8 Å². The first-order valence-electron chi connectivity index (χ1n) is 10.5. The Kier molecular flexibility index (Phi) is 6.55. The van der Waals surface area contributed by atoms with Crippen LogP contribution in [0.15, 0.2) is 52.2 Å². The molecule has 0 spiro atoms. The molecule has 0 radical (unpaired) electrons. The van der Waals surface area contributed by atoms with Gasteiger partial charge in [-0.25, -0.2) is 12.8 Å². The minimum absolute atomic E-state index is 0.0219. The van der Waals surface area contributed by atoms with Gasteiger partial charge in [0, 0.05) is 32.2 Å². The topological polar surface area (TPSA) is 88.9 Å². The number of benzene rings is 2. The van der Waals surface area contributed by atoms with Gasteiger partial charge in [0.1, 0.15) is 11.6 Å². The normalized spacial score (nSPS) is 15.3. The third kappa shape index (κ3) is 4.80. The highest BCUT2D eigenvalue weighted by Gasteiger charge is 2.30.